The lowest BCUT2D eigenvalue weighted by Gasteiger charge is -2.15. The van der Waals surface area contributed by atoms with Crippen LogP contribution in [0.3, 0.4) is 0 Å². The van der Waals surface area contributed by atoms with Crippen LogP contribution in [0.5, 0.6) is 0 Å². The largest absolute Gasteiger partial charge is 0.311 e. The Morgan fingerprint density at radius 3 is 3.05 bits per heavy atom. The highest BCUT2D eigenvalue weighted by Crippen LogP contribution is 2.28. The molecule has 0 spiro atoms. The monoisotopic (exact) mass is 351 g/mol. The normalized spacial score (nSPS) is 14.1. The molecule has 0 amide bonds. The summed E-state index contributed by atoms with van der Waals surface area (Å²) in [6, 6.07) is 8.04. The van der Waals surface area contributed by atoms with E-state index in [9.17, 15) is 4.79 Å². The number of rotatable bonds is 3. The Bertz CT molecular complexity index is 686. The van der Waals surface area contributed by atoms with E-state index in [-0.39, 0.29) is 5.56 Å². The summed E-state index contributed by atoms with van der Waals surface area (Å²) in [5, 5.41) is 3.25. The molecular formula is C14H14BrN3OS. The first kappa shape index (κ1) is 13.9. The third kappa shape index (κ3) is 2.97. The van der Waals surface area contributed by atoms with Crippen LogP contribution in [-0.4, -0.2) is 16.5 Å². The molecule has 0 unspecified atom stereocenters. The van der Waals surface area contributed by atoms with Crippen molar-refractivity contribution >= 4 is 27.7 Å². The number of H-pyrrole nitrogens is 1. The van der Waals surface area contributed by atoms with E-state index >= 15 is 0 Å². The highest BCUT2D eigenvalue weighted by molar-refractivity contribution is 9.10. The molecule has 2 N–H and O–H groups in total. The fraction of sp³-hybridized carbons (Fsp3) is 0.286. The fourth-order valence-electron chi connectivity index (χ4n) is 2.20. The number of hydrogen-bond acceptors (Lipinski definition) is 4. The zero-order valence-corrected chi connectivity index (χ0v) is 13.2. The average molecular weight is 352 g/mol. The summed E-state index contributed by atoms with van der Waals surface area (Å²) in [4.78, 5) is 20.6. The average Bonchev–Trinajstić information content (AvgIpc) is 2.46. The molecule has 0 bridgehead atoms. The molecule has 1 aromatic carbocycles. The van der Waals surface area contributed by atoms with Crippen LogP contribution in [0.4, 0.5) is 0 Å². The van der Waals surface area contributed by atoms with Crippen molar-refractivity contribution in [3.05, 3.63) is 56.2 Å². The van der Waals surface area contributed by atoms with Gasteiger partial charge in [0.25, 0.3) is 5.56 Å². The standard InChI is InChI=1S/C14H14BrN3OS/c15-10-3-1-2-4-12(10)20-8-13-17-11-7-16-6-5-9(11)14(19)18-13/h1-4,16H,5-8H2,(H,17,18,19). The fourth-order valence-corrected chi connectivity index (χ4v) is 3.63. The maximum atomic E-state index is 12.0. The molecule has 2 aromatic rings. The van der Waals surface area contributed by atoms with E-state index in [4.69, 9.17) is 0 Å². The molecule has 1 aromatic heterocycles. The van der Waals surface area contributed by atoms with Gasteiger partial charge in [-0.1, -0.05) is 12.1 Å². The number of aromatic amines is 1. The lowest BCUT2D eigenvalue weighted by atomic mass is 10.1. The minimum absolute atomic E-state index is 0.0132. The van der Waals surface area contributed by atoms with Gasteiger partial charge in [0, 0.05) is 21.5 Å². The highest BCUT2D eigenvalue weighted by atomic mass is 79.9. The quantitative estimate of drug-likeness (QED) is 0.834. The van der Waals surface area contributed by atoms with Crippen LogP contribution in [0.15, 0.2) is 38.4 Å². The molecule has 4 nitrogen and oxygen atoms in total. The maximum Gasteiger partial charge on any atom is 0.254 e. The molecule has 104 valence electrons. The van der Waals surface area contributed by atoms with Crippen LogP contribution < -0.4 is 10.9 Å². The van der Waals surface area contributed by atoms with E-state index < -0.39 is 0 Å². The highest BCUT2D eigenvalue weighted by Gasteiger charge is 2.15. The third-order valence-corrected chi connectivity index (χ3v) is 5.23. The molecule has 6 heteroatoms. The Labute approximate surface area is 129 Å². The zero-order chi connectivity index (χ0) is 13.9. The van der Waals surface area contributed by atoms with Crippen LogP contribution in [0.25, 0.3) is 0 Å². The van der Waals surface area contributed by atoms with Crippen molar-refractivity contribution in [3.8, 4) is 0 Å². The van der Waals surface area contributed by atoms with Crippen LogP contribution in [0, 0.1) is 0 Å². The Kier molecular flexibility index (Phi) is 4.24. The van der Waals surface area contributed by atoms with Crippen molar-refractivity contribution in [2.75, 3.05) is 6.54 Å². The van der Waals surface area contributed by atoms with E-state index in [0.717, 1.165) is 39.4 Å². The molecule has 0 atom stereocenters. The molecule has 1 aliphatic heterocycles. The van der Waals surface area contributed by atoms with Crippen molar-refractivity contribution in [2.45, 2.75) is 23.6 Å². The Balaban J connectivity index is 1.80. The summed E-state index contributed by atoms with van der Waals surface area (Å²) in [5.41, 5.74) is 1.74. The van der Waals surface area contributed by atoms with Gasteiger partial charge in [-0.15, -0.1) is 11.8 Å². The van der Waals surface area contributed by atoms with Crippen LogP contribution in [-0.2, 0) is 18.7 Å². The van der Waals surface area contributed by atoms with Gasteiger partial charge in [-0.05, 0) is 41.0 Å². The molecular weight excluding hydrogens is 338 g/mol. The summed E-state index contributed by atoms with van der Waals surface area (Å²) >= 11 is 5.18. The van der Waals surface area contributed by atoms with E-state index in [2.05, 4.69) is 31.2 Å². The van der Waals surface area contributed by atoms with E-state index in [1.807, 2.05) is 24.3 Å². The zero-order valence-electron chi connectivity index (χ0n) is 10.8. The van der Waals surface area contributed by atoms with Gasteiger partial charge in [0.15, 0.2) is 0 Å². The van der Waals surface area contributed by atoms with Crippen LogP contribution in [0.1, 0.15) is 17.1 Å². The third-order valence-electron chi connectivity index (χ3n) is 3.20. The van der Waals surface area contributed by atoms with Gasteiger partial charge in [0.2, 0.25) is 0 Å². The van der Waals surface area contributed by atoms with Crippen molar-refractivity contribution in [1.82, 2.24) is 15.3 Å². The first-order valence-corrected chi connectivity index (χ1v) is 8.21. The van der Waals surface area contributed by atoms with Gasteiger partial charge in [-0.2, -0.15) is 0 Å². The Morgan fingerprint density at radius 2 is 2.20 bits per heavy atom. The summed E-state index contributed by atoms with van der Waals surface area (Å²) < 4.78 is 1.06. The number of nitrogens with one attached hydrogen (secondary N) is 2. The molecule has 0 fully saturated rings. The lowest BCUT2D eigenvalue weighted by molar-refractivity contribution is 0.614. The molecule has 0 saturated heterocycles. The molecule has 3 rings (SSSR count). The minimum Gasteiger partial charge on any atom is -0.311 e. The number of nitrogens with zero attached hydrogens (tertiary/aromatic N) is 1. The van der Waals surface area contributed by atoms with Gasteiger partial charge < -0.3 is 10.3 Å². The predicted octanol–water partition coefficient (Wildman–Crippen LogP) is 2.47. The number of benzene rings is 1. The van der Waals surface area contributed by atoms with Crippen LogP contribution in [0.2, 0.25) is 0 Å². The first-order chi connectivity index (χ1) is 9.74. The number of aromatic nitrogens is 2. The molecule has 0 saturated carbocycles. The van der Waals surface area contributed by atoms with Gasteiger partial charge >= 0.3 is 0 Å². The number of fused-ring (bicyclic) bond motifs is 1. The van der Waals surface area contributed by atoms with Crippen LogP contribution >= 0.6 is 27.7 Å². The SMILES string of the molecule is O=c1[nH]c(CSc2ccccc2Br)nc2c1CCNC2. The van der Waals surface area contributed by atoms with Crippen molar-refractivity contribution in [2.24, 2.45) is 0 Å². The molecule has 20 heavy (non-hydrogen) atoms. The predicted molar refractivity (Wildman–Crippen MR) is 84.0 cm³/mol. The molecule has 0 radical (unpaired) electrons. The molecule has 0 aliphatic carbocycles. The second-order valence-corrected chi connectivity index (χ2v) is 6.46. The second kappa shape index (κ2) is 6.11. The smallest absolute Gasteiger partial charge is 0.254 e. The number of halogens is 1. The van der Waals surface area contributed by atoms with Crippen molar-refractivity contribution < 1.29 is 0 Å². The van der Waals surface area contributed by atoms with Gasteiger partial charge in [0.1, 0.15) is 5.82 Å². The second-order valence-electron chi connectivity index (χ2n) is 4.58. The van der Waals surface area contributed by atoms with Crippen molar-refractivity contribution in [1.29, 1.82) is 0 Å². The Morgan fingerprint density at radius 1 is 1.35 bits per heavy atom. The number of hydrogen-bond donors (Lipinski definition) is 2. The maximum absolute atomic E-state index is 12.0. The van der Waals surface area contributed by atoms with E-state index in [1.165, 1.54) is 0 Å². The summed E-state index contributed by atoms with van der Waals surface area (Å²) in [7, 11) is 0. The minimum atomic E-state index is 0.0132. The summed E-state index contributed by atoms with van der Waals surface area (Å²) in [6.45, 7) is 1.54. The van der Waals surface area contributed by atoms with Gasteiger partial charge in [-0.25, -0.2) is 4.98 Å². The first-order valence-electron chi connectivity index (χ1n) is 6.43. The topological polar surface area (TPSA) is 57.8 Å². The van der Waals surface area contributed by atoms with Gasteiger partial charge in [-0.3, -0.25) is 4.79 Å². The van der Waals surface area contributed by atoms with Crippen molar-refractivity contribution in [3.63, 3.8) is 0 Å². The van der Waals surface area contributed by atoms with E-state index in [0.29, 0.717) is 12.3 Å². The summed E-state index contributed by atoms with van der Waals surface area (Å²) in [6.07, 6.45) is 0.759. The molecule has 1 aliphatic rings. The molecule has 2 heterocycles. The summed E-state index contributed by atoms with van der Waals surface area (Å²) in [5.74, 6) is 1.39. The van der Waals surface area contributed by atoms with E-state index in [1.54, 1.807) is 11.8 Å². The number of thioether (sulfide) groups is 1. The van der Waals surface area contributed by atoms with Gasteiger partial charge in [0.05, 0.1) is 11.4 Å². The Hall–Kier alpha value is -1.11. The lowest BCUT2D eigenvalue weighted by Crippen LogP contribution is -2.31.